The predicted octanol–water partition coefficient (Wildman–Crippen LogP) is 1.65. The van der Waals surface area contributed by atoms with E-state index in [-0.39, 0.29) is 0 Å². The third-order valence-electron chi connectivity index (χ3n) is 3.44. The Kier molecular flexibility index (Phi) is 2.37. The highest BCUT2D eigenvalue weighted by Gasteiger charge is 2.35. The van der Waals surface area contributed by atoms with Crippen LogP contribution in [0.3, 0.4) is 0 Å². The number of fused-ring (bicyclic) bond motifs is 1. The maximum Gasteiger partial charge on any atom is 0.0731 e. The van der Waals surface area contributed by atoms with Crippen molar-refractivity contribution >= 4 is 0 Å². The van der Waals surface area contributed by atoms with Gasteiger partial charge in [-0.2, -0.15) is 0 Å². The zero-order valence-corrected chi connectivity index (χ0v) is 8.12. The van der Waals surface area contributed by atoms with Gasteiger partial charge < -0.3 is 4.74 Å². The molecule has 0 bridgehead atoms. The lowest BCUT2D eigenvalue weighted by atomic mass is 9.89. The molecule has 70 valence electrons. The first kappa shape index (κ1) is 8.52. The molecule has 3 atom stereocenters. The third-order valence-corrected chi connectivity index (χ3v) is 3.44. The summed E-state index contributed by atoms with van der Waals surface area (Å²) in [6.07, 6.45) is 5.91. The van der Waals surface area contributed by atoms with Crippen LogP contribution in [-0.2, 0) is 4.74 Å². The van der Waals surface area contributed by atoms with Crippen LogP contribution in [0.15, 0.2) is 0 Å². The van der Waals surface area contributed by atoms with Crippen LogP contribution in [0.25, 0.3) is 0 Å². The fourth-order valence-electron chi connectivity index (χ4n) is 2.44. The molecule has 0 radical (unpaired) electrons. The molecule has 0 aromatic carbocycles. The molecule has 2 rings (SSSR count). The van der Waals surface area contributed by atoms with Crippen molar-refractivity contribution in [3.05, 3.63) is 0 Å². The van der Waals surface area contributed by atoms with Crippen molar-refractivity contribution in [2.75, 3.05) is 13.7 Å². The van der Waals surface area contributed by atoms with Gasteiger partial charge in [-0.3, -0.25) is 4.90 Å². The number of hydrogen-bond acceptors (Lipinski definition) is 2. The zero-order valence-electron chi connectivity index (χ0n) is 8.12. The second kappa shape index (κ2) is 3.35. The fraction of sp³-hybridized carbons (Fsp3) is 1.00. The Labute approximate surface area is 74.9 Å². The number of morpholine rings is 1. The second-order valence-corrected chi connectivity index (χ2v) is 4.24. The number of nitrogens with zero attached hydrogens (tertiary/aromatic N) is 1. The van der Waals surface area contributed by atoms with Crippen LogP contribution in [0, 0.1) is 0 Å². The minimum atomic E-state index is 0.542. The number of hydrogen-bond donors (Lipinski definition) is 0. The lowest BCUT2D eigenvalue weighted by Crippen LogP contribution is -2.54. The van der Waals surface area contributed by atoms with Gasteiger partial charge in [-0.1, -0.05) is 12.8 Å². The summed E-state index contributed by atoms with van der Waals surface area (Å²) in [6, 6.07) is 1.33. The maximum absolute atomic E-state index is 5.82. The molecule has 12 heavy (non-hydrogen) atoms. The van der Waals surface area contributed by atoms with Gasteiger partial charge in [0, 0.05) is 12.1 Å². The van der Waals surface area contributed by atoms with Gasteiger partial charge in [0.25, 0.3) is 0 Å². The van der Waals surface area contributed by atoms with Crippen LogP contribution < -0.4 is 0 Å². The van der Waals surface area contributed by atoms with Crippen LogP contribution in [0.2, 0.25) is 0 Å². The molecular formula is C10H19NO. The first-order chi connectivity index (χ1) is 5.79. The van der Waals surface area contributed by atoms with Crippen LogP contribution in [0.4, 0.5) is 0 Å². The summed E-state index contributed by atoms with van der Waals surface area (Å²) in [5, 5.41) is 0. The summed E-state index contributed by atoms with van der Waals surface area (Å²) in [7, 11) is 2.25. The normalized spacial score (nSPS) is 44.0. The van der Waals surface area contributed by atoms with Gasteiger partial charge in [0.1, 0.15) is 0 Å². The largest absolute Gasteiger partial charge is 0.375 e. The Hall–Kier alpha value is -0.0800. The van der Waals surface area contributed by atoms with Gasteiger partial charge in [-0.05, 0) is 26.8 Å². The van der Waals surface area contributed by atoms with E-state index < -0.39 is 0 Å². The highest BCUT2D eigenvalue weighted by Crippen LogP contribution is 2.29. The van der Waals surface area contributed by atoms with Crippen molar-refractivity contribution in [1.82, 2.24) is 4.90 Å². The first-order valence-electron chi connectivity index (χ1n) is 5.12. The summed E-state index contributed by atoms with van der Waals surface area (Å²) in [6.45, 7) is 3.18. The number of ether oxygens (including phenoxy) is 1. The molecule has 0 spiro atoms. The molecule has 2 fully saturated rings. The van der Waals surface area contributed by atoms with Gasteiger partial charge >= 0.3 is 0 Å². The number of likely N-dealkylation sites (N-methyl/N-ethyl adjacent to an activating group) is 1. The van der Waals surface area contributed by atoms with E-state index in [1.165, 1.54) is 25.7 Å². The molecule has 0 aromatic heterocycles. The van der Waals surface area contributed by atoms with Gasteiger partial charge in [0.05, 0.1) is 12.7 Å². The van der Waals surface area contributed by atoms with Gasteiger partial charge in [-0.15, -0.1) is 0 Å². The molecule has 1 aliphatic carbocycles. The number of rotatable bonds is 0. The molecular weight excluding hydrogens is 150 g/mol. The van der Waals surface area contributed by atoms with E-state index in [1.807, 2.05) is 0 Å². The minimum Gasteiger partial charge on any atom is -0.375 e. The van der Waals surface area contributed by atoms with Crippen molar-refractivity contribution < 1.29 is 4.74 Å². The maximum atomic E-state index is 5.82. The van der Waals surface area contributed by atoms with Gasteiger partial charge in [0.2, 0.25) is 0 Å². The zero-order chi connectivity index (χ0) is 8.55. The average molecular weight is 169 g/mol. The minimum absolute atomic E-state index is 0.542. The molecule has 2 nitrogen and oxygen atoms in total. The Morgan fingerprint density at radius 2 is 2.00 bits per heavy atom. The molecule has 1 saturated heterocycles. The van der Waals surface area contributed by atoms with Crippen LogP contribution in [0.5, 0.6) is 0 Å². The van der Waals surface area contributed by atoms with E-state index in [2.05, 4.69) is 18.9 Å². The predicted molar refractivity (Wildman–Crippen MR) is 49.2 cm³/mol. The van der Waals surface area contributed by atoms with Crippen LogP contribution in [0.1, 0.15) is 32.6 Å². The lowest BCUT2D eigenvalue weighted by Gasteiger charge is -2.45. The van der Waals surface area contributed by atoms with E-state index in [1.54, 1.807) is 0 Å². The molecule has 1 heterocycles. The molecule has 0 unspecified atom stereocenters. The second-order valence-electron chi connectivity index (χ2n) is 4.24. The summed E-state index contributed by atoms with van der Waals surface area (Å²) < 4.78 is 5.82. The van der Waals surface area contributed by atoms with Crippen molar-refractivity contribution in [2.24, 2.45) is 0 Å². The Morgan fingerprint density at radius 1 is 1.25 bits per heavy atom. The van der Waals surface area contributed by atoms with Gasteiger partial charge in [-0.25, -0.2) is 0 Å². The highest BCUT2D eigenvalue weighted by atomic mass is 16.5. The van der Waals surface area contributed by atoms with E-state index >= 15 is 0 Å². The Morgan fingerprint density at radius 3 is 2.83 bits per heavy atom. The molecule has 1 aliphatic heterocycles. The van der Waals surface area contributed by atoms with Crippen LogP contribution >= 0.6 is 0 Å². The van der Waals surface area contributed by atoms with E-state index in [9.17, 15) is 0 Å². The van der Waals surface area contributed by atoms with Crippen molar-refractivity contribution in [3.63, 3.8) is 0 Å². The summed E-state index contributed by atoms with van der Waals surface area (Å²) in [5.74, 6) is 0. The smallest absolute Gasteiger partial charge is 0.0731 e. The van der Waals surface area contributed by atoms with Crippen molar-refractivity contribution in [3.8, 4) is 0 Å². The van der Waals surface area contributed by atoms with E-state index in [0.717, 1.165) is 6.61 Å². The molecule has 0 aromatic rings. The molecule has 0 amide bonds. The average Bonchev–Trinajstić information content (AvgIpc) is 2.12. The SMILES string of the molecule is C[C@H]1CO[C@@H]2CCCC[C@@H]2N1C. The van der Waals surface area contributed by atoms with Gasteiger partial charge in [0.15, 0.2) is 0 Å². The van der Waals surface area contributed by atoms with Crippen LogP contribution in [-0.4, -0.2) is 36.7 Å². The Bertz CT molecular complexity index is 158. The van der Waals surface area contributed by atoms with Crippen molar-refractivity contribution in [2.45, 2.75) is 50.8 Å². The third kappa shape index (κ3) is 1.38. The van der Waals surface area contributed by atoms with Crippen molar-refractivity contribution in [1.29, 1.82) is 0 Å². The quantitative estimate of drug-likeness (QED) is 0.546. The topological polar surface area (TPSA) is 12.5 Å². The molecule has 1 saturated carbocycles. The summed E-state index contributed by atoms with van der Waals surface area (Å²) in [5.41, 5.74) is 0. The standard InChI is InChI=1S/C10H19NO/c1-8-7-12-10-6-4-3-5-9(10)11(8)2/h8-10H,3-7H2,1-2H3/t8-,9-,10+/m0/s1. The summed E-state index contributed by atoms with van der Waals surface area (Å²) in [4.78, 5) is 2.51. The highest BCUT2D eigenvalue weighted by molar-refractivity contribution is 4.88. The fourth-order valence-corrected chi connectivity index (χ4v) is 2.44. The first-order valence-corrected chi connectivity index (χ1v) is 5.12. The monoisotopic (exact) mass is 169 g/mol. The van der Waals surface area contributed by atoms with E-state index in [0.29, 0.717) is 18.2 Å². The Balaban J connectivity index is 2.03. The molecule has 2 aliphatic rings. The van der Waals surface area contributed by atoms with E-state index in [4.69, 9.17) is 4.74 Å². The molecule has 0 N–H and O–H groups in total. The summed E-state index contributed by atoms with van der Waals surface area (Å²) >= 11 is 0. The molecule has 2 heteroatoms. The lowest BCUT2D eigenvalue weighted by molar-refractivity contribution is -0.104.